The third-order valence-electron chi connectivity index (χ3n) is 3.07. The van der Waals surface area contributed by atoms with Crippen LogP contribution in [0.1, 0.15) is 5.69 Å². The largest absolute Gasteiger partial charge is 0.497 e. The zero-order valence-electron chi connectivity index (χ0n) is 12.4. The Balaban J connectivity index is 1.86. The van der Waals surface area contributed by atoms with Crippen LogP contribution in [0, 0.1) is 6.92 Å². The number of nitrogens with one attached hydrogen (secondary N) is 1. The number of rotatable bonds is 5. The Bertz CT molecular complexity index is 928. The number of hydrogen-bond donors (Lipinski definition) is 1. The zero-order valence-corrected chi connectivity index (χ0v) is 14.1. The van der Waals surface area contributed by atoms with Gasteiger partial charge in [-0.15, -0.1) is 11.3 Å². The summed E-state index contributed by atoms with van der Waals surface area (Å²) in [5.41, 5.74) is 1.86. The van der Waals surface area contributed by atoms with Crippen molar-refractivity contribution in [1.82, 2.24) is 5.16 Å². The Morgan fingerprint density at radius 1 is 1.26 bits per heavy atom. The quantitative estimate of drug-likeness (QED) is 0.761. The van der Waals surface area contributed by atoms with Crippen LogP contribution >= 0.6 is 11.3 Å². The van der Waals surface area contributed by atoms with E-state index in [4.69, 9.17) is 9.26 Å². The highest BCUT2D eigenvalue weighted by Crippen LogP contribution is 2.30. The average Bonchev–Trinajstić information content (AvgIpc) is 3.16. The number of nitrogens with zero attached hydrogens (tertiary/aromatic N) is 1. The molecule has 0 unspecified atom stereocenters. The van der Waals surface area contributed by atoms with Gasteiger partial charge in [-0.1, -0.05) is 11.2 Å². The lowest BCUT2D eigenvalue weighted by atomic mass is 10.2. The van der Waals surface area contributed by atoms with Crippen LogP contribution in [0.2, 0.25) is 0 Å². The van der Waals surface area contributed by atoms with E-state index in [1.54, 1.807) is 48.7 Å². The molecule has 3 aromatic rings. The molecule has 0 saturated carbocycles. The van der Waals surface area contributed by atoms with Gasteiger partial charge in [0, 0.05) is 23.1 Å². The number of anilines is 1. The lowest BCUT2D eigenvalue weighted by Crippen LogP contribution is -2.11. The van der Waals surface area contributed by atoms with Crippen LogP contribution in [0.3, 0.4) is 0 Å². The molecule has 2 aromatic heterocycles. The molecule has 0 amide bonds. The highest BCUT2D eigenvalue weighted by atomic mass is 32.2. The maximum absolute atomic E-state index is 12.5. The van der Waals surface area contributed by atoms with Crippen molar-refractivity contribution >= 4 is 27.0 Å². The number of benzene rings is 1. The molecule has 8 heteroatoms. The second-order valence-corrected chi connectivity index (χ2v) is 7.64. The number of ether oxygens (including phenoxy) is 1. The molecule has 0 fully saturated rings. The molecule has 1 N–H and O–H groups in total. The van der Waals surface area contributed by atoms with Gasteiger partial charge in [0.1, 0.15) is 9.96 Å². The van der Waals surface area contributed by atoms with Crippen molar-refractivity contribution in [3.8, 4) is 17.1 Å². The fourth-order valence-corrected chi connectivity index (χ4v) is 4.20. The number of aryl methyl sites for hydroxylation is 1. The summed E-state index contributed by atoms with van der Waals surface area (Å²) >= 11 is 1.12. The molecule has 0 aliphatic heterocycles. The molecular weight excluding hydrogens is 336 g/mol. The number of sulfonamides is 1. The van der Waals surface area contributed by atoms with Crippen LogP contribution in [0.5, 0.6) is 5.75 Å². The van der Waals surface area contributed by atoms with Crippen molar-refractivity contribution in [3.05, 3.63) is 47.5 Å². The maximum atomic E-state index is 12.5. The molecule has 6 nitrogen and oxygen atoms in total. The molecular formula is C15H14N2O4S2. The lowest BCUT2D eigenvalue weighted by Gasteiger charge is -2.07. The van der Waals surface area contributed by atoms with Crippen LogP contribution in [-0.4, -0.2) is 20.7 Å². The predicted molar refractivity (Wildman–Crippen MR) is 88.4 cm³/mol. The van der Waals surface area contributed by atoms with Gasteiger partial charge >= 0.3 is 0 Å². The van der Waals surface area contributed by atoms with Crippen molar-refractivity contribution in [3.63, 3.8) is 0 Å². The van der Waals surface area contributed by atoms with E-state index in [2.05, 4.69) is 9.88 Å². The van der Waals surface area contributed by atoms with Gasteiger partial charge in [0.15, 0.2) is 5.76 Å². The van der Waals surface area contributed by atoms with E-state index in [1.165, 1.54) is 7.11 Å². The zero-order chi connectivity index (χ0) is 16.4. The fraction of sp³-hybridized carbons (Fsp3) is 0.133. The average molecular weight is 350 g/mol. The highest BCUT2D eigenvalue weighted by Gasteiger charge is 2.19. The third kappa shape index (κ3) is 3.38. The Labute approximate surface area is 137 Å². The Hall–Kier alpha value is -2.32. The highest BCUT2D eigenvalue weighted by molar-refractivity contribution is 7.94. The molecule has 0 aliphatic rings. The summed E-state index contributed by atoms with van der Waals surface area (Å²) in [6.45, 7) is 1.81. The molecule has 0 bridgehead atoms. The minimum Gasteiger partial charge on any atom is -0.497 e. The van der Waals surface area contributed by atoms with E-state index in [1.807, 2.05) is 0 Å². The van der Waals surface area contributed by atoms with Gasteiger partial charge in [0.25, 0.3) is 10.0 Å². The SMILES string of the molecule is COc1cccc(NS(=O)(=O)c2cc(-c3cc(C)no3)cs2)c1. The van der Waals surface area contributed by atoms with Crippen molar-refractivity contribution in [2.75, 3.05) is 11.8 Å². The van der Waals surface area contributed by atoms with Gasteiger partial charge in [-0.2, -0.15) is 0 Å². The molecule has 0 atom stereocenters. The summed E-state index contributed by atoms with van der Waals surface area (Å²) in [7, 11) is -2.14. The van der Waals surface area contributed by atoms with Crippen LogP contribution in [-0.2, 0) is 10.0 Å². The lowest BCUT2D eigenvalue weighted by molar-refractivity contribution is 0.415. The van der Waals surface area contributed by atoms with E-state index in [0.29, 0.717) is 22.8 Å². The second-order valence-electron chi connectivity index (χ2n) is 4.82. The number of methoxy groups -OCH3 is 1. The normalized spacial score (nSPS) is 11.4. The number of aromatic nitrogens is 1. The summed E-state index contributed by atoms with van der Waals surface area (Å²) in [4.78, 5) is 0. The van der Waals surface area contributed by atoms with Crippen LogP contribution < -0.4 is 9.46 Å². The van der Waals surface area contributed by atoms with Crippen LogP contribution in [0.15, 0.2) is 50.5 Å². The van der Waals surface area contributed by atoms with Crippen LogP contribution in [0.4, 0.5) is 5.69 Å². The summed E-state index contributed by atoms with van der Waals surface area (Å²) in [5, 5.41) is 5.52. The summed E-state index contributed by atoms with van der Waals surface area (Å²) in [6, 6.07) is 10.1. The monoisotopic (exact) mass is 350 g/mol. The van der Waals surface area contributed by atoms with Gasteiger partial charge < -0.3 is 9.26 Å². The first kappa shape index (κ1) is 15.6. The standard InChI is InChI=1S/C15H14N2O4S2/c1-10-6-14(21-16-10)11-7-15(22-9-11)23(18,19)17-12-4-3-5-13(8-12)20-2/h3-9,17H,1-2H3. The van der Waals surface area contributed by atoms with Crippen molar-refractivity contribution in [2.45, 2.75) is 11.1 Å². The summed E-state index contributed by atoms with van der Waals surface area (Å²) in [5.74, 6) is 1.12. The molecule has 120 valence electrons. The molecule has 23 heavy (non-hydrogen) atoms. The van der Waals surface area contributed by atoms with E-state index in [-0.39, 0.29) is 4.21 Å². The maximum Gasteiger partial charge on any atom is 0.271 e. The first-order valence-electron chi connectivity index (χ1n) is 6.67. The van der Waals surface area contributed by atoms with Crippen molar-refractivity contribution in [2.24, 2.45) is 0 Å². The van der Waals surface area contributed by atoms with Gasteiger partial charge in [-0.25, -0.2) is 8.42 Å². The Morgan fingerprint density at radius 3 is 2.78 bits per heavy atom. The first-order valence-corrected chi connectivity index (χ1v) is 9.03. The molecule has 1 aromatic carbocycles. The van der Waals surface area contributed by atoms with E-state index in [0.717, 1.165) is 17.0 Å². The summed E-state index contributed by atoms with van der Waals surface area (Å²) in [6.07, 6.45) is 0. The molecule has 0 aliphatic carbocycles. The minimum absolute atomic E-state index is 0.198. The third-order valence-corrected chi connectivity index (χ3v) is 5.90. The fourth-order valence-electron chi connectivity index (χ4n) is 1.98. The van der Waals surface area contributed by atoms with E-state index in [9.17, 15) is 8.42 Å². The van der Waals surface area contributed by atoms with Gasteiger partial charge in [0.2, 0.25) is 0 Å². The van der Waals surface area contributed by atoms with E-state index >= 15 is 0 Å². The Morgan fingerprint density at radius 2 is 2.09 bits per heavy atom. The van der Waals surface area contributed by atoms with Crippen molar-refractivity contribution in [1.29, 1.82) is 0 Å². The van der Waals surface area contributed by atoms with Gasteiger partial charge in [0.05, 0.1) is 18.5 Å². The predicted octanol–water partition coefficient (Wildman–Crippen LogP) is 3.52. The molecule has 0 radical (unpaired) electrons. The molecule has 3 rings (SSSR count). The smallest absolute Gasteiger partial charge is 0.271 e. The Kier molecular flexibility index (Phi) is 4.10. The van der Waals surface area contributed by atoms with E-state index < -0.39 is 10.0 Å². The second kappa shape index (κ2) is 6.05. The molecule has 0 spiro atoms. The van der Waals surface area contributed by atoms with Crippen molar-refractivity contribution < 1.29 is 17.7 Å². The number of thiophene rings is 1. The molecule has 2 heterocycles. The van der Waals surface area contributed by atoms with Crippen LogP contribution in [0.25, 0.3) is 11.3 Å². The van der Waals surface area contributed by atoms with Gasteiger partial charge in [-0.3, -0.25) is 4.72 Å². The topological polar surface area (TPSA) is 81.4 Å². The first-order chi connectivity index (χ1) is 11.0. The summed E-state index contributed by atoms with van der Waals surface area (Å²) < 4.78 is 37.9. The van der Waals surface area contributed by atoms with Gasteiger partial charge in [-0.05, 0) is 25.1 Å². The number of hydrogen-bond acceptors (Lipinski definition) is 6. The molecule has 0 saturated heterocycles. The minimum atomic E-state index is -3.67.